The van der Waals surface area contributed by atoms with Crippen molar-refractivity contribution in [3.63, 3.8) is 0 Å². The number of rotatable bonds is 4. The first kappa shape index (κ1) is 14.2. The quantitative estimate of drug-likeness (QED) is 0.926. The van der Waals surface area contributed by atoms with Crippen molar-refractivity contribution in [2.75, 3.05) is 7.05 Å². The maximum Gasteiger partial charge on any atom is 0.137 e. The summed E-state index contributed by atoms with van der Waals surface area (Å²) in [5.41, 5.74) is 3.46. The van der Waals surface area contributed by atoms with E-state index in [-0.39, 0.29) is 11.9 Å². The topological polar surface area (TPSA) is 24.9 Å². The van der Waals surface area contributed by atoms with Gasteiger partial charge >= 0.3 is 0 Å². The van der Waals surface area contributed by atoms with Crippen molar-refractivity contribution in [3.8, 4) is 0 Å². The first-order chi connectivity index (χ1) is 9.11. The lowest BCUT2D eigenvalue weighted by atomic mass is 9.97. The summed E-state index contributed by atoms with van der Waals surface area (Å²) in [5, 5.41) is 3.30. The summed E-state index contributed by atoms with van der Waals surface area (Å²) in [4.78, 5) is 4.11. The van der Waals surface area contributed by atoms with E-state index < -0.39 is 0 Å². The Bertz CT molecular complexity index is 572. The zero-order chi connectivity index (χ0) is 13.8. The number of nitrogens with zero attached hydrogens (tertiary/aromatic N) is 1. The molecule has 1 heterocycles. The second-order valence-electron chi connectivity index (χ2n) is 4.53. The highest BCUT2D eigenvalue weighted by Gasteiger charge is 2.13. The Morgan fingerprint density at radius 2 is 2.16 bits per heavy atom. The van der Waals surface area contributed by atoms with E-state index in [1.165, 1.54) is 11.6 Å². The van der Waals surface area contributed by atoms with Crippen LogP contribution in [0.25, 0.3) is 0 Å². The van der Waals surface area contributed by atoms with Crippen molar-refractivity contribution in [2.24, 2.45) is 0 Å². The lowest BCUT2D eigenvalue weighted by Gasteiger charge is -2.18. The molecule has 2 nitrogen and oxygen atoms in total. The van der Waals surface area contributed by atoms with E-state index in [1.807, 2.05) is 38.4 Å². The van der Waals surface area contributed by atoms with Crippen LogP contribution < -0.4 is 5.32 Å². The third-order valence-electron chi connectivity index (χ3n) is 3.21. The van der Waals surface area contributed by atoms with Crippen LogP contribution in [0.15, 0.2) is 41.1 Å². The van der Waals surface area contributed by atoms with Crippen molar-refractivity contribution < 1.29 is 4.39 Å². The molecule has 2 rings (SSSR count). The number of hydrogen-bond donors (Lipinski definition) is 1. The van der Waals surface area contributed by atoms with Crippen LogP contribution in [-0.4, -0.2) is 12.0 Å². The van der Waals surface area contributed by atoms with Gasteiger partial charge in [0, 0.05) is 18.4 Å². The summed E-state index contributed by atoms with van der Waals surface area (Å²) in [7, 11) is 1.93. The number of aromatic nitrogens is 1. The number of pyridine rings is 1. The molecule has 4 heteroatoms. The maximum absolute atomic E-state index is 13.2. The molecule has 0 saturated heterocycles. The van der Waals surface area contributed by atoms with Gasteiger partial charge in [0.15, 0.2) is 0 Å². The van der Waals surface area contributed by atoms with Gasteiger partial charge in [-0.2, -0.15) is 0 Å². The molecule has 0 radical (unpaired) electrons. The number of hydrogen-bond acceptors (Lipinski definition) is 2. The average molecular weight is 323 g/mol. The second kappa shape index (κ2) is 6.26. The zero-order valence-electron chi connectivity index (χ0n) is 11.0. The third-order valence-corrected chi connectivity index (χ3v) is 3.82. The molecule has 1 N–H and O–H groups in total. The molecule has 0 saturated carbocycles. The molecular weight excluding hydrogens is 307 g/mol. The standard InChI is InChI=1S/C15H16BrFN2/c1-10-9-19-6-5-12(10)15(18-2)8-11-3-4-14(17)13(16)7-11/h3-7,9,15,18H,8H2,1-2H3. The Hall–Kier alpha value is -1.26. The van der Waals surface area contributed by atoms with Crippen LogP contribution >= 0.6 is 15.9 Å². The SMILES string of the molecule is CNC(Cc1ccc(F)c(Br)c1)c1ccncc1C. The third kappa shape index (κ3) is 3.39. The lowest BCUT2D eigenvalue weighted by Crippen LogP contribution is -2.20. The summed E-state index contributed by atoms with van der Waals surface area (Å²) in [6.45, 7) is 2.05. The highest BCUT2D eigenvalue weighted by atomic mass is 79.9. The number of nitrogens with one attached hydrogen (secondary N) is 1. The van der Waals surface area contributed by atoms with Crippen molar-refractivity contribution >= 4 is 15.9 Å². The minimum Gasteiger partial charge on any atom is -0.313 e. The molecule has 1 atom stereocenters. The van der Waals surface area contributed by atoms with Crippen LogP contribution in [0.5, 0.6) is 0 Å². The highest BCUT2D eigenvalue weighted by molar-refractivity contribution is 9.10. The fourth-order valence-electron chi connectivity index (χ4n) is 2.14. The molecular formula is C15H16BrFN2. The van der Waals surface area contributed by atoms with E-state index in [9.17, 15) is 4.39 Å². The monoisotopic (exact) mass is 322 g/mol. The molecule has 0 spiro atoms. The van der Waals surface area contributed by atoms with Gasteiger partial charge in [-0.1, -0.05) is 6.07 Å². The highest BCUT2D eigenvalue weighted by Crippen LogP contribution is 2.23. The number of likely N-dealkylation sites (N-methyl/N-ethyl adjacent to an activating group) is 1. The van der Waals surface area contributed by atoms with Gasteiger partial charge < -0.3 is 5.32 Å². The molecule has 0 bridgehead atoms. The number of benzene rings is 1. The van der Waals surface area contributed by atoms with Gasteiger partial charge in [0.25, 0.3) is 0 Å². The van der Waals surface area contributed by atoms with Gasteiger partial charge in [-0.3, -0.25) is 4.98 Å². The molecule has 0 fully saturated rings. The molecule has 100 valence electrons. The molecule has 0 aliphatic carbocycles. The van der Waals surface area contributed by atoms with Gasteiger partial charge in [-0.15, -0.1) is 0 Å². The minimum absolute atomic E-state index is 0.195. The van der Waals surface area contributed by atoms with Crippen LogP contribution in [0.4, 0.5) is 4.39 Å². The maximum atomic E-state index is 13.2. The molecule has 1 aromatic carbocycles. The van der Waals surface area contributed by atoms with E-state index >= 15 is 0 Å². The van der Waals surface area contributed by atoms with Gasteiger partial charge in [-0.05, 0) is 71.2 Å². The Kier molecular flexibility index (Phi) is 4.66. The van der Waals surface area contributed by atoms with Crippen molar-refractivity contribution in [3.05, 3.63) is 63.6 Å². The van der Waals surface area contributed by atoms with Gasteiger partial charge in [0.05, 0.1) is 4.47 Å². The van der Waals surface area contributed by atoms with Crippen LogP contribution in [0.2, 0.25) is 0 Å². The molecule has 0 aliphatic heterocycles. The molecule has 1 unspecified atom stereocenters. The molecule has 2 aromatic rings. The molecule has 0 amide bonds. The summed E-state index contributed by atoms with van der Waals surface area (Å²) < 4.78 is 13.7. The van der Waals surface area contributed by atoms with E-state index in [1.54, 1.807) is 6.20 Å². The van der Waals surface area contributed by atoms with E-state index in [4.69, 9.17) is 0 Å². The average Bonchev–Trinajstić information content (AvgIpc) is 2.41. The molecule has 0 aliphatic rings. The summed E-state index contributed by atoms with van der Waals surface area (Å²) >= 11 is 3.22. The smallest absolute Gasteiger partial charge is 0.137 e. The second-order valence-corrected chi connectivity index (χ2v) is 5.38. The normalized spacial score (nSPS) is 12.4. The zero-order valence-corrected chi connectivity index (χ0v) is 12.5. The van der Waals surface area contributed by atoms with Crippen molar-refractivity contribution in [1.29, 1.82) is 0 Å². The summed E-state index contributed by atoms with van der Waals surface area (Å²) in [6.07, 6.45) is 4.47. The lowest BCUT2D eigenvalue weighted by molar-refractivity contribution is 0.584. The fraction of sp³-hybridized carbons (Fsp3) is 0.267. The van der Waals surface area contributed by atoms with Crippen LogP contribution in [0.1, 0.15) is 22.7 Å². The minimum atomic E-state index is -0.232. The van der Waals surface area contributed by atoms with Gasteiger partial charge in [-0.25, -0.2) is 4.39 Å². The fourth-order valence-corrected chi connectivity index (χ4v) is 2.57. The Morgan fingerprint density at radius 3 is 2.79 bits per heavy atom. The Labute approximate surface area is 121 Å². The van der Waals surface area contributed by atoms with Gasteiger partial charge in [0.1, 0.15) is 5.82 Å². The first-order valence-corrected chi connectivity index (χ1v) is 6.93. The van der Waals surface area contributed by atoms with Crippen molar-refractivity contribution in [2.45, 2.75) is 19.4 Å². The Balaban J connectivity index is 2.24. The predicted molar refractivity (Wildman–Crippen MR) is 78.6 cm³/mol. The Morgan fingerprint density at radius 1 is 1.37 bits per heavy atom. The molecule has 1 aromatic heterocycles. The predicted octanol–water partition coefficient (Wildman–Crippen LogP) is 3.79. The van der Waals surface area contributed by atoms with Crippen LogP contribution in [0, 0.1) is 12.7 Å². The van der Waals surface area contributed by atoms with Crippen molar-refractivity contribution in [1.82, 2.24) is 10.3 Å². The number of aryl methyl sites for hydroxylation is 1. The van der Waals surface area contributed by atoms with E-state index in [0.717, 1.165) is 17.5 Å². The largest absolute Gasteiger partial charge is 0.313 e. The van der Waals surface area contributed by atoms with Gasteiger partial charge in [0.2, 0.25) is 0 Å². The number of halogens is 2. The summed E-state index contributed by atoms with van der Waals surface area (Å²) in [5.74, 6) is -0.232. The summed E-state index contributed by atoms with van der Waals surface area (Å²) in [6, 6.07) is 7.36. The van der Waals surface area contributed by atoms with E-state index in [2.05, 4.69) is 26.2 Å². The van der Waals surface area contributed by atoms with Crippen LogP contribution in [0.3, 0.4) is 0 Å². The first-order valence-electron chi connectivity index (χ1n) is 6.13. The molecule has 19 heavy (non-hydrogen) atoms. The van der Waals surface area contributed by atoms with E-state index in [0.29, 0.717) is 4.47 Å². The van der Waals surface area contributed by atoms with Crippen LogP contribution in [-0.2, 0) is 6.42 Å².